The van der Waals surface area contributed by atoms with Crippen molar-refractivity contribution in [2.24, 2.45) is 5.92 Å². The first-order chi connectivity index (χ1) is 9.74. The minimum atomic E-state index is -0.200. The van der Waals surface area contributed by atoms with Crippen molar-refractivity contribution < 1.29 is 9.53 Å². The number of rotatable bonds is 4. The molecule has 0 spiro atoms. The third-order valence-corrected chi connectivity index (χ3v) is 3.69. The molecule has 0 N–H and O–H groups in total. The van der Waals surface area contributed by atoms with Gasteiger partial charge in [-0.05, 0) is 29.5 Å². The monoisotopic (exact) mass is 266 g/mol. The first-order valence-electron chi connectivity index (χ1n) is 7.06. The Labute approximate surface area is 119 Å². The lowest BCUT2D eigenvalue weighted by Gasteiger charge is -2.17. The normalized spacial score (nSPS) is 15.7. The van der Waals surface area contributed by atoms with Crippen LogP contribution in [0.3, 0.4) is 0 Å². The van der Waals surface area contributed by atoms with E-state index in [-0.39, 0.29) is 12.1 Å². The quantitative estimate of drug-likeness (QED) is 0.768. The largest absolute Gasteiger partial charge is 0.457 e. The lowest BCUT2D eigenvalue weighted by Crippen LogP contribution is -2.10. The Morgan fingerprint density at radius 1 is 1.00 bits per heavy atom. The van der Waals surface area contributed by atoms with E-state index in [9.17, 15) is 4.79 Å². The number of carbonyl (C=O) groups is 1. The van der Waals surface area contributed by atoms with E-state index in [1.807, 2.05) is 18.2 Å². The molecule has 1 unspecified atom stereocenters. The maximum absolute atomic E-state index is 11.2. The van der Waals surface area contributed by atoms with Crippen molar-refractivity contribution in [3.05, 3.63) is 60.2 Å². The van der Waals surface area contributed by atoms with Crippen LogP contribution >= 0.6 is 0 Å². The summed E-state index contributed by atoms with van der Waals surface area (Å²) in [5.74, 6) is 0.301. The van der Waals surface area contributed by atoms with Crippen LogP contribution in [0.5, 0.6) is 0 Å². The molecule has 0 heterocycles. The maximum atomic E-state index is 11.2. The summed E-state index contributed by atoms with van der Waals surface area (Å²) in [6.45, 7) is 1.48. The van der Waals surface area contributed by atoms with Gasteiger partial charge in [-0.3, -0.25) is 4.79 Å². The van der Waals surface area contributed by atoms with E-state index in [2.05, 4.69) is 36.4 Å². The summed E-state index contributed by atoms with van der Waals surface area (Å²) >= 11 is 0. The standard InChI is InChI=1S/C18H18O2/c1-13(19)20-18(17-11-12-17)16-9-7-15(8-10-16)14-5-3-2-4-6-14/h2-10,17-18H,11-12H2,1H3. The molecule has 1 atom stereocenters. The van der Waals surface area contributed by atoms with Crippen LogP contribution in [0.25, 0.3) is 11.1 Å². The van der Waals surface area contributed by atoms with Gasteiger partial charge in [0.2, 0.25) is 0 Å². The second-order valence-electron chi connectivity index (χ2n) is 5.36. The first kappa shape index (κ1) is 12.9. The third kappa shape index (κ3) is 2.90. The number of benzene rings is 2. The lowest BCUT2D eigenvalue weighted by molar-refractivity contribution is -0.147. The van der Waals surface area contributed by atoms with Gasteiger partial charge in [-0.1, -0.05) is 54.6 Å². The van der Waals surface area contributed by atoms with Crippen molar-refractivity contribution in [3.8, 4) is 11.1 Å². The van der Waals surface area contributed by atoms with E-state index in [1.165, 1.54) is 18.1 Å². The maximum Gasteiger partial charge on any atom is 0.303 e. The van der Waals surface area contributed by atoms with E-state index >= 15 is 0 Å². The van der Waals surface area contributed by atoms with Crippen LogP contribution < -0.4 is 0 Å². The highest BCUT2D eigenvalue weighted by Gasteiger charge is 2.34. The van der Waals surface area contributed by atoms with E-state index in [0.29, 0.717) is 5.92 Å². The molecular weight excluding hydrogens is 248 g/mol. The Morgan fingerprint density at radius 3 is 2.15 bits per heavy atom. The van der Waals surface area contributed by atoms with E-state index < -0.39 is 0 Å². The molecule has 20 heavy (non-hydrogen) atoms. The summed E-state index contributed by atoms with van der Waals surface area (Å²) in [6.07, 6.45) is 2.23. The molecule has 0 amide bonds. The van der Waals surface area contributed by atoms with Crippen LogP contribution in [0.1, 0.15) is 31.4 Å². The average Bonchev–Trinajstić information content (AvgIpc) is 3.30. The lowest BCUT2D eigenvalue weighted by atomic mass is 10.00. The number of hydrogen-bond donors (Lipinski definition) is 0. The summed E-state index contributed by atoms with van der Waals surface area (Å²) < 4.78 is 5.47. The summed E-state index contributed by atoms with van der Waals surface area (Å²) in [5, 5.41) is 0. The molecule has 2 heteroatoms. The highest BCUT2D eigenvalue weighted by atomic mass is 16.5. The van der Waals surface area contributed by atoms with Crippen molar-refractivity contribution in [3.63, 3.8) is 0 Å². The van der Waals surface area contributed by atoms with Crippen LogP contribution in [-0.4, -0.2) is 5.97 Å². The van der Waals surface area contributed by atoms with Crippen molar-refractivity contribution in [2.75, 3.05) is 0 Å². The van der Waals surface area contributed by atoms with E-state index in [1.54, 1.807) is 0 Å². The van der Waals surface area contributed by atoms with Crippen LogP contribution in [0.4, 0.5) is 0 Å². The van der Waals surface area contributed by atoms with Gasteiger partial charge in [-0.2, -0.15) is 0 Å². The minimum Gasteiger partial charge on any atom is -0.457 e. The molecular formula is C18H18O2. The van der Waals surface area contributed by atoms with Gasteiger partial charge in [0, 0.05) is 12.8 Å². The fraction of sp³-hybridized carbons (Fsp3) is 0.278. The zero-order valence-corrected chi connectivity index (χ0v) is 11.6. The van der Waals surface area contributed by atoms with Crippen molar-refractivity contribution in [2.45, 2.75) is 25.9 Å². The van der Waals surface area contributed by atoms with Crippen molar-refractivity contribution >= 4 is 5.97 Å². The highest BCUT2D eigenvalue weighted by molar-refractivity contribution is 5.67. The molecule has 0 aromatic heterocycles. The molecule has 0 aliphatic heterocycles. The van der Waals surface area contributed by atoms with E-state index in [4.69, 9.17) is 4.74 Å². The predicted octanol–water partition coefficient (Wildman–Crippen LogP) is 4.37. The highest BCUT2D eigenvalue weighted by Crippen LogP contribution is 2.43. The zero-order valence-electron chi connectivity index (χ0n) is 11.6. The molecule has 3 rings (SSSR count). The molecule has 2 nitrogen and oxygen atoms in total. The Kier molecular flexibility index (Phi) is 3.55. The molecule has 1 aliphatic rings. The average molecular weight is 266 g/mol. The Balaban J connectivity index is 1.83. The van der Waals surface area contributed by atoms with Crippen LogP contribution in [-0.2, 0) is 9.53 Å². The van der Waals surface area contributed by atoms with Gasteiger partial charge < -0.3 is 4.74 Å². The number of esters is 1. The molecule has 2 aromatic rings. The Morgan fingerprint density at radius 2 is 1.60 bits per heavy atom. The summed E-state index contributed by atoms with van der Waals surface area (Å²) in [5.41, 5.74) is 3.49. The van der Waals surface area contributed by atoms with Gasteiger partial charge in [0.25, 0.3) is 0 Å². The topological polar surface area (TPSA) is 26.3 Å². The van der Waals surface area contributed by atoms with Crippen LogP contribution in [0.2, 0.25) is 0 Å². The summed E-state index contributed by atoms with van der Waals surface area (Å²) in [7, 11) is 0. The van der Waals surface area contributed by atoms with Crippen LogP contribution in [0.15, 0.2) is 54.6 Å². The number of ether oxygens (including phenoxy) is 1. The van der Waals surface area contributed by atoms with E-state index in [0.717, 1.165) is 18.4 Å². The zero-order chi connectivity index (χ0) is 13.9. The van der Waals surface area contributed by atoms with Gasteiger partial charge >= 0.3 is 5.97 Å². The molecule has 0 radical (unpaired) electrons. The second-order valence-corrected chi connectivity index (χ2v) is 5.36. The Bertz CT molecular complexity index is 583. The summed E-state index contributed by atoms with van der Waals surface area (Å²) in [6, 6.07) is 18.6. The van der Waals surface area contributed by atoms with Gasteiger partial charge in [0.15, 0.2) is 0 Å². The second kappa shape index (κ2) is 5.49. The predicted molar refractivity (Wildman–Crippen MR) is 79.1 cm³/mol. The molecule has 2 aromatic carbocycles. The molecule has 1 aliphatic carbocycles. The van der Waals surface area contributed by atoms with Crippen molar-refractivity contribution in [1.29, 1.82) is 0 Å². The number of carbonyl (C=O) groups excluding carboxylic acids is 1. The number of hydrogen-bond acceptors (Lipinski definition) is 2. The molecule has 1 saturated carbocycles. The Hall–Kier alpha value is -2.09. The summed E-state index contributed by atoms with van der Waals surface area (Å²) in [4.78, 5) is 11.2. The fourth-order valence-electron chi connectivity index (χ4n) is 2.51. The molecule has 1 fully saturated rings. The SMILES string of the molecule is CC(=O)OC(c1ccc(-c2ccccc2)cc1)C1CC1. The molecule has 0 bridgehead atoms. The smallest absolute Gasteiger partial charge is 0.303 e. The van der Waals surface area contributed by atoms with Crippen LogP contribution in [0, 0.1) is 5.92 Å². The van der Waals surface area contributed by atoms with Gasteiger partial charge in [-0.25, -0.2) is 0 Å². The minimum absolute atomic E-state index is 0.0719. The van der Waals surface area contributed by atoms with Gasteiger partial charge in [0.05, 0.1) is 0 Å². The van der Waals surface area contributed by atoms with Gasteiger partial charge in [0.1, 0.15) is 6.10 Å². The molecule has 102 valence electrons. The molecule has 0 saturated heterocycles. The van der Waals surface area contributed by atoms with Gasteiger partial charge in [-0.15, -0.1) is 0 Å². The fourth-order valence-corrected chi connectivity index (χ4v) is 2.51. The third-order valence-electron chi connectivity index (χ3n) is 3.69. The first-order valence-corrected chi connectivity index (χ1v) is 7.06. The van der Waals surface area contributed by atoms with Crippen molar-refractivity contribution in [1.82, 2.24) is 0 Å².